The molecule has 0 aliphatic heterocycles. The number of hydrogen-bond acceptors (Lipinski definition) is 4. The lowest BCUT2D eigenvalue weighted by molar-refractivity contribution is 0.624. The van der Waals surface area contributed by atoms with Crippen molar-refractivity contribution in [2.24, 2.45) is 0 Å². The SMILES string of the molecule is Cc1nc(-c2ccc(F)c(C#N)c2)c(N)n1N. The number of aryl methyl sites for hydroxylation is 1. The van der Waals surface area contributed by atoms with E-state index in [2.05, 4.69) is 4.98 Å². The van der Waals surface area contributed by atoms with Crippen LogP contribution in [0.1, 0.15) is 11.4 Å². The summed E-state index contributed by atoms with van der Waals surface area (Å²) < 4.78 is 14.4. The maximum Gasteiger partial charge on any atom is 0.150 e. The fraction of sp³-hybridized carbons (Fsp3) is 0.0909. The van der Waals surface area contributed by atoms with Crippen LogP contribution >= 0.6 is 0 Å². The second-order valence-corrected chi connectivity index (χ2v) is 3.57. The first-order chi connectivity index (χ1) is 8.04. The van der Waals surface area contributed by atoms with Gasteiger partial charge in [0.25, 0.3) is 0 Å². The Morgan fingerprint density at radius 2 is 2.18 bits per heavy atom. The van der Waals surface area contributed by atoms with Crippen molar-refractivity contribution in [2.75, 3.05) is 11.6 Å². The van der Waals surface area contributed by atoms with Gasteiger partial charge in [0, 0.05) is 5.56 Å². The van der Waals surface area contributed by atoms with E-state index in [1.54, 1.807) is 13.0 Å². The molecule has 86 valence electrons. The van der Waals surface area contributed by atoms with Gasteiger partial charge in [-0.15, -0.1) is 0 Å². The molecule has 0 saturated carbocycles. The van der Waals surface area contributed by atoms with Gasteiger partial charge in [0.2, 0.25) is 0 Å². The van der Waals surface area contributed by atoms with Crippen LogP contribution in [-0.4, -0.2) is 9.66 Å². The van der Waals surface area contributed by atoms with E-state index >= 15 is 0 Å². The maximum absolute atomic E-state index is 13.2. The fourth-order valence-electron chi connectivity index (χ4n) is 1.53. The molecular formula is C11H10FN5. The van der Waals surface area contributed by atoms with Crippen molar-refractivity contribution >= 4 is 5.82 Å². The third kappa shape index (κ3) is 1.67. The highest BCUT2D eigenvalue weighted by Gasteiger charge is 2.13. The molecule has 1 aromatic heterocycles. The van der Waals surface area contributed by atoms with Crippen LogP contribution in [-0.2, 0) is 0 Å². The van der Waals surface area contributed by atoms with Crippen LogP contribution in [0, 0.1) is 24.1 Å². The van der Waals surface area contributed by atoms with E-state index in [9.17, 15) is 4.39 Å². The Bertz CT molecular complexity index is 624. The predicted octanol–water partition coefficient (Wildman–Crippen LogP) is 1.17. The molecule has 2 rings (SSSR count). The number of nitriles is 1. The molecule has 0 spiro atoms. The summed E-state index contributed by atoms with van der Waals surface area (Å²) in [6, 6.07) is 5.88. The van der Waals surface area contributed by atoms with Crippen LogP contribution in [0.5, 0.6) is 0 Å². The minimum atomic E-state index is -0.571. The average molecular weight is 231 g/mol. The smallest absolute Gasteiger partial charge is 0.150 e. The molecule has 6 heteroatoms. The quantitative estimate of drug-likeness (QED) is 0.720. The molecule has 0 amide bonds. The molecule has 0 unspecified atom stereocenters. The largest absolute Gasteiger partial charge is 0.382 e. The summed E-state index contributed by atoms with van der Waals surface area (Å²) in [5, 5.41) is 8.75. The molecular weight excluding hydrogens is 221 g/mol. The molecule has 0 bridgehead atoms. The number of nitrogens with two attached hydrogens (primary N) is 2. The van der Waals surface area contributed by atoms with Crippen molar-refractivity contribution in [3.63, 3.8) is 0 Å². The van der Waals surface area contributed by atoms with Crippen LogP contribution in [0.25, 0.3) is 11.3 Å². The number of halogens is 1. The van der Waals surface area contributed by atoms with Gasteiger partial charge >= 0.3 is 0 Å². The average Bonchev–Trinajstić information content (AvgIpc) is 2.58. The minimum Gasteiger partial charge on any atom is -0.382 e. The second kappa shape index (κ2) is 3.79. The number of nitrogen functional groups attached to an aromatic ring is 2. The monoisotopic (exact) mass is 231 g/mol. The Kier molecular flexibility index (Phi) is 2.44. The zero-order chi connectivity index (χ0) is 12.6. The lowest BCUT2D eigenvalue weighted by Crippen LogP contribution is -2.13. The molecule has 5 nitrogen and oxygen atoms in total. The summed E-state index contributed by atoms with van der Waals surface area (Å²) in [6.07, 6.45) is 0. The summed E-state index contributed by atoms with van der Waals surface area (Å²) in [6.45, 7) is 1.70. The number of anilines is 1. The van der Waals surface area contributed by atoms with E-state index in [1.165, 1.54) is 22.9 Å². The predicted molar refractivity (Wildman–Crippen MR) is 61.6 cm³/mol. The van der Waals surface area contributed by atoms with Crippen LogP contribution in [0.15, 0.2) is 18.2 Å². The summed E-state index contributed by atoms with van der Waals surface area (Å²) in [5.74, 6) is 5.88. The summed E-state index contributed by atoms with van der Waals surface area (Å²) >= 11 is 0. The molecule has 4 N–H and O–H groups in total. The molecule has 0 aliphatic carbocycles. The Morgan fingerprint density at radius 1 is 1.47 bits per heavy atom. The third-order valence-electron chi connectivity index (χ3n) is 2.48. The zero-order valence-corrected chi connectivity index (χ0v) is 9.11. The van der Waals surface area contributed by atoms with Gasteiger partial charge in [-0.1, -0.05) is 0 Å². The Hall–Kier alpha value is -2.55. The first-order valence-corrected chi connectivity index (χ1v) is 4.84. The number of aromatic nitrogens is 2. The van der Waals surface area contributed by atoms with E-state index < -0.39 is 5.82 Å². The first kappa shape index (κ1) is 11.0. The van der Waals surface area contributed by atoms with Crippen molar-refractivity contribution < 1.29 is 4.39 Å². The lowest BCUT2D eigenvalue weighted by Gasteiger charge is -2.01. The normalized spacial score (nSPS) is 10.2. The molecule has 0 atom stereocenters. The van der Waals surface area contributed by atoms with Crippen molar-refractivity contribution in [1.82, 2.24) is 9.66 Å². The highest BCUT2D eigenvalue weighted by molar-refractivity contribution is 5.72. The van der Waals surface area contributed by atoms with Crippen LogP contribution in [0.4, 0.5) is 10.2 Å². The lowest BCUT2D eigenvalue weighted by atomic mass is 10.1. The number of nitrogens with zero attached hydrogens (tertiary/aromatic N) is 3. The molecule has 0 fully saturated rings. The Balaban J connectivity index is 2.62. The van der Waals surface area contributed by atoms with Crippen molar-refractivity contribution in [3.8, 4) is 17.3 Å². The van der Waals surface area contributed by atoms with Crippen LogP contribution in [0.2, 0.25) is 0 Å². The second-order valence-electron chi connectivity index (χ2n) is 3.57. The highest BCUT2D eigenvalue weighted by atomic mass is 19.1. The van der Waals surface area contributed by atoms with Gasteiger partial charge in [-0.3, -0.25) is 0 Å². The highest BCUT2D eigenvalue weighted by Crippen LogP contribution is 2.26. The van der Waals surface area contributed by atoms with Crippen LogP contribution in [0.3, 0.4) is 0 Å². The number of rotatable bonds is 1. The zero-order valence-electron chi connectivity index (χ0n) is 9.11. The van der Waals surface area contributed by atoms with Gasteiger partial charge in [0.05, 0.1) is 5.56 Å². The van der Waals surface area contributed by atoms with Crippen molar-refractivity contribution in [2.45, 2.75) is 6.92 Å². The van der Waals surface area contributed by atoms with E-state index in [0.717, 1.165) is 0 Å². The summed E-state index contributed by atoms with van der Waals surface area (Å²) in [7, 11) is 0. The molecule has 0 saturated heterocycles. The van der Waals surface area contributed by atoms with Gasteiger partial charge in [0.15, 0.2) is 5.82 Å². The number of benzene rings is 1. The topological polar surface area (TPSA) is 93.6 Å². The molecule has 1 heterocycles. The van der Waals surface area contributed by atoms with Gasteiger partial charge in [-0.05, 0) is 25.1 Å². The van der Waals surface area contributed by atoms with E-state index in [0.29, 0.717) is 17.1 Å². The molecule has 0 aliphatic rings. The summed E-state index contributed by atoms with van der Waals surface area (Å²) in [4.78, 5) is 4.17. The molecule has 1 aromatic carbocycles. The first-order valence-electron chi connectivity index (χ1n) is 4.84. The number of imidazole rings is 1. The van der Waals surface area contributed by atoms with Gasteiger partial charge in [-0.2, -0.15) is 5.26 Å². The Morgan fingerprint density at radius 3 is 2.71 bits per heavy atom. The van der Waals surface area contributed by atoms with Gasteiger partial charge in [0.1, 0.15) is 23.4 Å². The molecule has 0 radical (unpaired) electrons. The van der Waals surface area contributed by atoms with E-state index in [4.69, 9.17) is 16.8 Å². The van der Waals surface area contributed by atoms with Gasteiger partial charge < -0.3 is 11.6 Å². The standard InChI is InChI=1S/C11H10FN5/c1-6-16-10(11(14)17(6)15)7-2-3-9(12)8(4-7)5-13/h2-4H,14-15H2,1H3. The number of hydrogen-bond donors (Lipinski definition) is 2. The third-order valence-corrected chi connectivity index (χ3v) is 2.48. The van der Waals surface area contributed by atoms with Crippen molar-refractivity contribution in [1.29, 1.82) is 5.26 Å². The van der Waals surface area contributed by atoms with E-state index in [1.807, 2.05) is 0 Å². The van der Waals surface area contributed by atoms with Crippen molar-refractivity contribution in [3.05, 3.63) is 35.4 Å². The molecule has 2 aromatic rings. The van der Waals surface area contributed by atoms with Crippen LogP contribution < -0.4 is 11.6 Å². The molecule has 17 heavy (non-hydrogen) atoms. The minimum absolute atomic E-state index is 0.0499. The Labute approximate surface area is 97.1 Å². The maximum atomic E-state index is 13.2. The van der Waals surface area contributed by atoms with Gasteiger partial charge in [-0.25, -0.2) is 14.1 Å². The fourth-order valence-corrected chi connectivity index (χ4v) is 1.53. The van der Waals surface area contributed by atoms with E-state index in [-0.39, 0.29) is 11.4 Å². The summed E-state index contributed by atoms with van der Waals surface area (Å²) in [5.41, 5.74) is 6.72.